The molecular weight excluding hydrogens is 197 g/mol. The summed E-state index contributed by atoms with van der Waals surface area (Å²) in [4.78, 5) is 12.6. The number of rotatable bonds is 1. The van der Waals surface area contributed by atoms with Gasteiger partial charge in [0.05, 0.1) is 0 Å². The number of anilines is 1. The molecule has 0 saturated heterocycles. The molecule has 1 aromatic rings. The third-order valence-electron chi connectivity index (χ3n) is 2.86. The van der Waals surface area contributed by atoms with Gasteiger partial charge in [0, 0.05) is 12.7 Å². The molecule has 1 heterocycles. The molecule has 0 radical (unpaired) electrons. The number of aryl methyl sites for hydroxylation is 1. The van der Waals surface area contributed by atoms with E-state index in [4.69, 9.17) is 5.11 Å². The number of hydrogen-bond donors (Lipinski definition) is 1. The van der Waals surface area contributed by atoms with E-state index in [2.05, 4.69) is 0 Å². The van der Waals surface area contributed by atoms with Crippen LogP contribution in [0.5, 0.6) is 0 Å². The van der Waals surface area contributed by atoms with Crippen LogP contribution in [0.25, 0.3) is 0 Å². The Balaban J connectivity index is 2.38. The summed E-state index contributed by atoms with van der Waals surface area (Å²) in [6.45, 7) is 0. The van der Waals surface area contributed by atoms with Crippen molar-refractivity contribution in [3.05, 3.63) is 29.6 Å². The van der Waals surface area contributed by atoms with Gasteiger partial charge in [-0.3, -0.25) is 0 Å². The van der Waals surface area contributed by atoms with Gasteiger partial charge in [0.2, 0.25) is 0 Å². The van der Waals surface area contributed by atoms with Gasteiger partial charge in [0.15, 0.2) is 0 Å². The quantitative estimate of drug-likeness (QED) is 0.764. The Bertz CT molecular complexity index is 406. The van der Waals surface area contributed by atoms with E-state index in [1.807, 2.05) is 0 Å². The Hall–Kier alpha value is -1.58. The maximum absolute atomic E-state index is 12.9. The number of likely N-dealkylation sites (N-methyl/N-ethyl adjacent to an activating group) is 1. The molecule has 4 heteroatoms. The lowest BCUT2D eigenvalue weighted by molar-refractivity contribution is -0.138. The number of fused-ring (bicyclic) bond motifs is 1. The van der Waals surface area contributed by atoms with E-state index in [9.17, 15) is 9.18 Å². The molecule has 1 aliphatic rings. The predicted octanol–water partition coefficient (Wildman–Crippen LogP) is 1.66. The molecule has 0 saturated carbocycles. The number of carbonyl (C=O) groups is 1. The fraction of sp³-hybridized carbons (Fsp3) is 0.364. The normalized spacial score (nSPS) is 19.9. The van der Waals surface area contributed by atoms with Crippen LogP contribution >= 0.6 is 0 Å². The second-order valence-corrected chi connectivity index (χ2v) is 3.78. The highest BCUT2D eigenvalue weighted by Gasteiger charge is 2.28. The second kappa shape index (κ2) is 3.53. The zero-order valence-electron chi connectivity index (χ0n) is 8.40. The molecule has 1 unspecified atom stereocenters. The first-order valence-electron chi connectivity index (χ1n) is 4.83. The standard InChI is InChI=1S/C11H12FNO2/c1-13-9-5-3-8(12)6-7(9)2-4-10(13)11(14)15/h3,5-6,10H,2,4H2,1H3,(H,14,15). The van der Waals surface area contributed by atoms with Crippen LogP contribution in [0, 0.1) is 5.82 Å². The Morgan fingerprint density at radius 2 is 2.33 bits per heavy atom. The summed E-state index contributed by atoms with van der Waals surface area (Å²) in [6.07, 6.45) is 1.15. The van der Waals surface area contributed by atoms with E-state index in [1.54, 1.807) is 18.0 Å². The van der Waals surface area contributed by atoms with Crippen molar-refractivity contribution in [3.63, 3.8) is 0 Å². The van der Waals surface area contributed by atoms with Gasteiger partial charge in [0.1, 0.15) is 11.9 Å². The van der Waals surface area contributed by atoms with Crippen LogP contribution in [0.4, 0.5) is 10.1 Å². The maximum atomic E-state index is 12.9. The molecule has 15 heavy (non-hydrogen) atoms. The summed E-state index contributed by atoms with van der Waals surface area (Å²) < 4.78 is 12.9. The minimum absolute atomic E-state index is 0.268. The summed E-state index contributed by atoms with van der Waals surface area (Å²) in [7, 11) is 1.73. The van der Waals surface area contributed by atoms with Gasteiger partial charge in [0.25, 0.3) is 0 Å². The van der Waals surface area contributed by atoms with Crippen molar-refractivity contribution in [2.24, 2.45) is 0 Å². The van der Waals surface area contributed by atoms with Gasteiger partial charge in [-0.2, -0.15) is 0 Å². The fourth-order valence-electron chi connectivity index (χ4n) is 2.04. The molecule has 80 valence electrons. The number of carboxylic acids is 1. The Labute approximate surface area is 87.1 Å². The van der Waals surface area contributed by atoms with Crippen LogP contribution in [0.1, 0.15) is 12.0 Å². The third-order valence-corrected chi connectivity index (χ3v) is 2.86. The highest BCUT2D eigenvalue weighted by molar-refractivity contribution is 5.79. The Morgan fingerprint density at radius 1 is 1.60 bits per heavy atom. The van der Waals surface area contributed by atoms with Crippen LogP contribution in [0.15, 0.2) is 18.2 Å². The zero-order chi connectivity index (χ0) is 11.0. The van der Waals surface area contributed by atoms with Crippen molar-refractivity contribution >= 4 is 11.7 Å². The predicted molar refractivity (Wildman–Crippen MR) is 54.5 cm³/mol. The van der Waals surface area contributed by atoms with Gasteiger partial charge < -0.3 is 10.0 Å². The van der Waals surface area contributed by atoms with E-state index >= 15 is 0 Å². The van der Waals surface area contributed by atoms with Crippen molar-refractivity contribution in [2.45, 2.75) is 18.9 Å². The Morgan fingerprint density at radius 3 is 3.00 bits per heavy atom. The average molecular weight is 209 g/mol. The molecule has 0 fully saturated rings. The van der Waals surface area contributed by atoms with E-state index in [0.29, 0.717) is 12.8 Å². The number of benzene rings is 1. The van der Waals surface area contributed by atoms with Crippen LogP contribution < -0.4 is 4.90 Å². The van der Waals surface area contributed by atoms with E-state index < -0.39 is 12.0 Å². The highest BCUT2D eigenvalue weighted by atomic mass is 19.1. The van der Waals surface area contributed by atoms with Gasteiger partial charge >= 0.3 is 5.97 Å². The number of aliphatic carboxylic acids is 1. The summed E-state index contributed by atoms with van der Waals surface area (Å²) in [5.74, 6) is -1.09. The highest BCUT2D eigenvalue weighted by Crippen LogP contribution is 2.29. The molecule has 1 aliphatic heterocycles. The molecule has 0 aromatic heterocycles. The Kier molecular flexibility index (Phi) is 2.34. The lowest BCUT2D eigenvalue weighted by Gasteiger charge is -2.33. The lowest BCUT2D eigenvalue weighted by Crippen LogP contribution is -2.41. The van der Waals surface area contributed by atoms with Gasteiger partial charge in [-0.05, 0) is 36.6 Å². The molecule has 0 aliphatic carbocycles. The van der Waals surface area contributed by atoms with E-state index in [0.717, 1.165) is 11.3 Å². The molecular formula is C11H12FNO2. The van der Waals surface area contributed by atoms with Crippen LogP contribution in [-0.2, 0) is 11.2 Å². The molecule has 0 spiro atoms. The van der Waals surface area contributed by atoms with Crippen LogP contribution in [0.3, 0.4) is 0 Å². The first kappa shape index (κ1) is 9.96. The minimum Gasteiger partial charge on any atom is -0.480 e. The zero-order valence-corrected chi connectivity index (χ0v) is 8.40. The van der Waals surface area contributed by atoms with Crippen molar-refractivity contribution in [2.75, 3.05) is 11.9 Å². The molecule has 0 amide bonds. The summed E-state index contributed by atoms with van der Waals surface area (Å²) in [5, 5.41) is 8.97. The summed E-state index contributed by atoms with van der Waals surface area (Å²) in [5.41, 5.74) is 1.70. The monoisotopic (exact) mass is 209 g/mol. The minimum atomic E-state index is -0.826. The number of hydrogen-bond acceptors (Lipinski definition) is 2. The van der Waals surface area contributed by atoms with Gasteiger partial charge in [-0.1, -0.05) is 0 Å². The number of halogens is 1. The summed E-state index contributed by atoms with van der Waals surface area (Å²) in [6, 6.07) is 3.98. The first-order chi connectivity index (χ1) is 7.09. The van der Waals surface area contributed by atoms with Crippen molar-refractivity contribution < 1.29 is 14.3 Å². The average Bonchev–Trinajstić information content (AvgIpc) is 2.17. The second-order valence-electron chi connectivity index (χ2n) is 3.78. The summed E-state index contributed by atoms with van der Waals surface area (Å²) >= 11 is 0. The smallest absolute Gasteiger partial charge is 0.326 e. The lowest BCUT2D eigenvalue weighted by atomic mass is 9.96. The van der Waals surface area contributed by atoms with Crippen molar-refractivity contribution in [1.82, 2.24) is 0 Å². The molecule has 1 aromatic carbocycles. The van der Waals surface area contributed by atoms with Crippen molar-refractivity contribution in [1.29, 1.82) is 0 Å². The van der Waals surface area contributed by atoms with Gasteiger partial charge in [-0.25, -0.2) is 9.18 Å². The number of carboxylic acid groups (broad SMARTS) is 1. The third kappa shape index (κ3) is 1.67. The fourth-order valence-corrected chi connectivity index (χ4v) is 2.04. The molecule has 1 N–H and O–H groups in total. The largest absolute Gasteiger partial charge is 0.480 e. The van der Waals surface area contributed by atoms with Crippen LogP contribution in [-0.4, -0.2) is 24.2 Å². The maximum Gasteiger partial charge on any atom is 0.326 e. The SMILES string of the molecule is CN1c2ccc(F)cc2CCC1C(=O)O. The number of nitrogens with zero attached hydrogens (tertiary/aromatic N) is 1. The van der Waals surface area contributed by atoms with E-state index in [1.165, 1.54) is 12.1 Å². The van der Waals surface area contributed by atoms with E-state index in [-0.39, 0.29) is 5.82 Å². The molecule has 0 bridgehead atoms. The first-order valence-corrected chi connectivity index (χ1v) is 4.83. The van der Waals surface area contributed by atoms with Gasteiger partial charge in [-0.15, -0.1) is 0 Å². The van der Waals surface area contributed by atoms with Crippen LogP contribution in [0.2, 0.25) is 0 Å². The topological polar surface area (TPSA) is 40.5 Å². The molecule has 2 rings (SSSR count). The van der Waals surface area contributed by atoms with Crippen molar-refractivity contribution in [3.8, 4) is 0 Å². The molecule has 3 nitrogen and oxygen atoms in total. The molecule has 1 atom stereocenters.